The van der Waals surface area contributed by atoms with Crippen molar-refractivity contribution in [2.24, 2.45) is 0 Å². The van der Waals surface area contributed by atoms with Gasteiger partial charge in [0.1, 0.15) is 11.2 Å². The van der Waals surface area contributed by atoms with Gasteiger partial charge >= 0.3 is 6.09 Å². The Morgan fingerprint density at radius 1 is 1.28 bits per heavy atom. The van der Waals surface area contributed by atoms with Gasteiger partial charge in [0.15, 0.2) is 0 Å². The van der Waals surface area contributed by atoms with Crippen molar-refractivity contribution >= 4 is 11.9 Å². The molecule has 134 valence electrons. The third kappa shape index (κ3) is 5.57. The van der Waals surface area contributed by atoms with Crippen LogP contribution >= 0.6 is 0 Å². The number of amides is 1. The van der Waals surface area contributed by atoms with Gasteiger partial charge in [0.2, 0.25) is 5.78 Å². The quantitative estimate of drug-likeness (QED) is 0.480. The van der Waals surface area contributed by atoms with Crippen molar-refractivity contribution in [2.75, 3.05) is 13.1 Å². The fraction of sp³-hybridized carbons (Fsp3) is 0.526. The smallest absolute Gasteiger partial charge is 0.410 e. The Kier molecular flexibility index (Phi) is 5.48. The van der Waals surface area contributed by atoms with Crippen LogP contribution in [0.2, 0.25) is 0 Å². The fourth-order valence-electron chi connectivity index (χ4n) is 2.36. The maximum atomic E-state index is 12.1. The third-order valence-corrected chi connectivity index (χ3v) is 3.82. The summed E-state index contributed by atoms with van der Waals surface area (Å²) in [6.45, 7) is 7.93. The molecule has 0 radical (unpaired) electrons. The SMILES string of the molecule is Cc1ccc(C(=O)C#CC2(O)CCN(C(=O)OC(C)(C)C)CC2)cn1. The maximum absolute atomic E-state index is 12.1. The Balaban J connectivity index is 1.96. The molecule has 1 fully saturated rings. The first-order valence-electron chi connectivity index (χ1n) is 8.28. The van der Waals surface area contributed by atoms with Gasteiger partial charge < -0.3 is 14.7 Å². The molecule has 1 aliphatic heterocycles. The molecule has 1 aromatic rings. The fourth-order valence-corrected chi connectivity index (χ4v) is 2.36. The van der Waals surface area contributed by atoms with E-state index >= 15 is 0 Å². The largest absolute Gasteiger partial charge is 0.444 e. The van der Waals surface area contributed by atoms with Crippen LogP contribution in [0.4, 0.5) is 4.79 Å². The Labute approximate surface area is 148 Å². The van der Waals surface area contributed by atoms with E-state index in [4.69, 9.17) is 4.74 Å². The summed E-state index contributed by atoms with van der Waals surface area (Å²) in [7, 11) is 0. The number of nitrogens with zero attached hydrogens (tertiary/aromatic N) is 2. The first-order valence-corrected chi connectivity index (χ1v) is 8.28. The van der Waals surface area contributed by atoms with Gasteiger partial charge in [-0.05, 0) is 45.7 Å². The van der Waals surface area contributed by atoms with Gasteiger partial charge in [-0.3, -0.25) is 9.78 Å². The van der Waals surface area contributed by atoms with Crippen LogP contribution in [0, 0.1) is 18.8 Å². The van der Waals surface area contributed by atoms with Crippen molar-refractivity contribution in [3.05, 3.63) is 29.6 Å². The molecule has 6 nitrogen and oxygen atoms in total. The van der Waals surface area contributed by atoms with Crippen LogP contribution in [0.3, 0.4) is 0 Å². The normalized spacial score (nSPS) is 16.6. The summed E-state index contributed by atoms with van der Waals surface area (Å²) in [5.41, 5.74) is -0.614. The summed E-state index contributed by atoms with van der Waals surface area (Å²) >= 11 is 0. The summed E-state index contributed by atoms with van der Waals surface area (Å²) in [5, 5.41) is 10.5. The number of carbonyl (C=O) groups is 2. The van der Waals surface area contributed by atoms with E-state index in [0.29, 0.717) is 18.7 Å². The van der Waals surface area contributed by atoms with Crippen LogP contribution in [-0.4, -0.2) is 51.2 Å². The molecule has 1 aliphatic rings. The molecular formula is C19H24N2O4. The van der Waals surface area contributed by atoms with Crippen molar-refractivity contribution in [2.45, 2.75) is 51.7 Å². The molecule has 0 spiro atoms. The molecule has 0 atom stereocenters. The van der Waals surface area contributed by atoms with E-state index in [1.807, 2.05) is 27.7 Å². The number of aromatic nitrogens is 1. The van der Waals surface area contributed by atoms with Crippen LogP contribution in [0.15, 0.2) is 18.3 Å². The second kappa shape index (κ2) is 7.24. The van der Waals surface area contributed by atoms with Crippen LogP contribution < -0.4 is 0 Å². The van der Waals surface area contributed by atoms with Crippen molar-refractivity contribution in [3.8, 4) is 11.8 Å². The lowest BCUT2D eigenvalue weighted by atomic mass is 9.92. The number of hydrogen-bond donors (Lipinski definition) is 1. The molecule has 0 bridgehead atoms. The predicted molar refractivity (Wildman–Crippen MR) is 93.1 cm³/mol. The lowest BCUT2D eigenvalue weighted by molar-refractivity contribution is -0.00519. The van der Waals surface area contributed by atoms with Gasteiger partial charge in [0, 0.05) is 43.4 Å². The summed E-state index contributed by atoms with van der Waals surface area (Å²) in [6, 6.07) is 3.40. The van der Waals surface area contributed by atoms with Crippen LogP contribution in [0.25, 0.3) is 0 Å². The van der Waals surface area contributed by atoms with E-state index < -0.39 is 17.3 Å². The second-order valence-electron chi connectivity index (χ2n) is 7.27. The molecular weight excluding hydrogens is 320 g/mol. The van der Waals surface area contributed by atoms with Crippen molar-refractivity contribution in [1.82, 2.24) is 9.88 Å². The summed E-state index contributed by atoms with van der Waals surface area (Å²) < 4.78 is 5.32. The highest BCUT2D eigenvalue weighted by molar-refractivity contribution is 6.08. The van der Waals surface area contributed by atoms with Gasteiger partial charge in [-0.2, -0.15) is 0 Å². The van der Waals surface area contributed by atoms with Gasteiger partial charge in [-0.1, -0.05) is 5.92 Å². The summed E-state index contributed by atoms with van der Waals surface area (Å²) in [6.07, 6.45) is 1.63. The van der Waals surface area contributed by atoms with Gasteiger partial charge in [0.05, 0.1) is 0 Å². The summed E-state index contributed by atoms with van der Waals surface area (Å²) in [4.78, 5) is 29.7. The number of carbonyl (C=O) groups excluding carboxylic acids is 2. The van der Waals surface area contributed by atoms with Crippen LogP contribution in [-0.2, 0) is 4.74 Å². The zero-order valence-corrected chi connectivity index (χ0v) is 15.1. The first-order chi connectivity index (χ1) is 11.6. The van der Waals surface area contributed by atoms with E-state index in [2.05, 4.69) is 16.8 Å². The molecule has 1 saturated heterocycles. The molecule has 0 saturated carbocycles. The van der Waals surface area contributed by atoms with Crippen LogP contribution in [0.5, 0.6) is 0 Å². The average Bonchev–Trinajstić information content (AvgIpc) is 2.52. The van der Waals surface area contributed by atoms with Crippen molar-refractivity contribution in [1.29, 1.82) is 0 Å². The number of piperidine rings is 1. The predicted octanol–water partition coefficient (Wildman–Crippen LogP) is 2.34. The standard InChI is InChI=1S/C19H24N2O4/c1-14-5-6-15(13-20-14)16(22)7-8-19(24)9-11-21(12-10-19)17(23)25-18(2,3)4/h5-6,13,24H,9-12H2,1-4H3. The molecule has 6 heteroatoms. The number of likely N-dealkylation sites (tertiary alicyclic amines) is 1. The minimum Gasteiger partial charge on any atom is -0.444 e. The minimum atomic E-state index is -1.27. The molecule has 0 aromatic carbocycles. The van der Waals surface area contributed by atoms with Crippen molar-refractivity contribution < 1.29 is 19.4 Å². The van der Waals surface area contributed by atoms with Gasteiger partial charge in [-0.25, -0.2) is 4.79 Å². The minimum absolute atomic E-state index is 0.276. The molecule has 0 aliphatic carbocycles. The molecule has 1 amide bonds. The average molecular weight is 344 g/mol. The lowest BCUT2D eigenvalue weighted by Crippen LogP contribution is -2.47. The van der Waals surface area contributed by atoms with E-state index in [-0.39, 0.29) is 18.6 Å². The van der Waals surface area contributed by atoms with E-state index in [0.717, 1.165) is 5.69 Å². The highest BCUT2D eigenvalue weighted by Gasteiger charge is 2.34. The van der Waals surface area contributed by atoms with Crippen molar-refractivity contribution in [3.63, 3.8) is 0 Å². The second-order valence-corrected chi connectivity index (χ2v) is 7.27. The Morgan fingerprint density at radius 2 is 1.92 bits per heavy atom. The number of ketones is 1. The number of Topliss-reactive ketones (excluding diaryl/α,β-unsaturated/α-hetero) is 1. The molecule has 25 heavy (non-hydrogen) atoms. The highest BCUT2D eigenvalue weighted by Crippen LogP contribution is 2.23. The third-order valence-electron chi connectivity index (χ3n) is 3.82. The Bertz CT molecular complexity index is 700. The maximum Gasteiger partial charge on any atom is 0.410 e. The highest BCUT2D eigenvalue weighted by atomic mass is 16.6. The molecule has 2 heterocycles. The first kappa shape index (κ1) is 18.9. The lowest BCUT2D eigenvalue weighted by Gasteiger charge is -2.35. The van der Waals surface area contributed by atoms with E-state index in [1.54, 1.807) is 17.0 Å². The number of aryl methyl sites for hydroxylation is 1. The summed E-state index contributed by atoms with van der Waals surface area (Å²) in [5.74, 6) is 4.79. The zero-order valence-electron chi connectivity index (χ0n) is 15.1. The number of aliphatic hydroxyl groups is 1. The van der Waals surface area contributed by atoms with Gasteiger partial charge in [0.25, 0.3) is 0 Å². The Hall–Kier alpha value is -2.39. The molecule has 1 N–H and O–H groups in total. The molecule has 1 aromatic heterocycles. The van der Waals surface area contributed by atoms with E-state index in [9.17, 15) is 14.7 Å². The number of hydrogen-bond acceptors (Lipinski definition) is 5. The Morgan fingerprint density at radius 3 is 2.44 bits per heavy atom. The molecule has 2 rings (SSSR count). The number of rotatable bonds is 1. The zero-order chi connectivity index (χ0) is 18.7. The molecule has 0 unspecified atom stereocenters. The topological polar surface area (TPSA) is 79.7 Å². The van der Waals surface area contributed by atoms with Gasteiger partial charge in [-0.15, -0.1) is 0 Å². The number of pyridine rings is 1. The number of ether oxygens (including phenoxy) is 1. The van der Waals surface area contributed by atoms with E-state index in [1.165, 1.54) is 6.20 Å². The van der Waals surface area contributed by atoms with Crippen LogP contribution in [0.1, 0.15) is 49.7 Å². The monoisotopic (exact) mass is 344 g/mol.